The van der Waals surface area contributed by atoms with Gasteiger partial charge in [-0.2, -0.15) is 0 Å². The van der Waals surface area contributed by atoms with Gasteiger partial charge in [0, 0.05) is 45.1 Å². The minimum atomic E-state index is -0.163. The number of nitrogens with zero attached hydrogens (tertiary/aromatic N) is 3. The third kappa shape index (κ3) is 6.52. The van der Waals surface area contributed by atoms with Gasteiger partial charge in [-0.3, -0.25) is 14.7 Å². The number of carbonyl (C=O) groups is 1. The Morgan fingerprint density at radius 3 is 2.06 bits per heavy atom. The van der Waals surface area contributed by atoms with Gasteiger partial charge in [0.2, 0.25) is 5.91 Å². The number of benzene rings is 2. The van der Waals surface area contributed by atoms with E-state index in [0.717, 1.165) is 57.7 Å². The standard InChI is InChI=1S/C29H36N4O/c1-24(27-15-10-16-30-23-27)29(34)31-17-8-9-18-32-19-21-33(22-20-32)28(25-11-4-2-5-12-25)26-13-6-3-7-14-26/h2-7,10-16,23-24,28H,8-9,17-22H2,1H3,(H,31,34). The molecule has 0 spiro atoms. The first-order valence-corrected chi connectivity index (χ1v) is 12.5. The van der Waals surface area contributed by atoms with E-state index >= 15 is 0 Å². The molecule has 0 aliphatic carbocycles. The van der Waals surface area contributed by atoms with E-state index in [0.29, 0.717) is 6.04 Å². The lowest BCUT2D eigenvalue weighted by atomic mass is 9.96. The number of hydrogen-bond acceptors (Lipinski definition) is 4. The normalized spacial score (nSPS) is 15.8. The Morgan fingerprint density at radius 2 is 1.47 bits per heavy atom. The predicted molar refractivity (Wildman–Crippen MR) is 138 cm³/mol. The van der Waals surface area contributed by atoms with Crippen LogP contribution in [0, 0.1) is 0 Å². The number of pyridine rings is 1. The van der Waals surface area contributed by atoms with Gasteiger partial charge in [-0.1, -0.05) is 66.7 Å². The lowest BCUT2D eigenvalue weighted by molar-refractivity contribution is -0.122. The molecular weight excluding hydrogens is 420 g/mol. The van der Waals surface area contributed by atoms with Crippen molar-refractivity contribution in [1.82, 2.24) is 20.1 Å². The summed E-state index contributed by atoms with van der Waals surface area (Å²) in [4.78, 5) is 21.7. The smallest absolute Gasteiger partial charge is 0.227 e. The van der Waals surface area contributed by atoms with Crippen LogP contribution in [-0.2, 0) is 4.79 Å². The molecule has 2 aromatic carbocycles. The minimum Gasteiger partial charge on any atom is -0.356 e. The van der Waals surface area contributed by atoms with Crippen molar-refractivity contribution in [2.45, 2.75) is 31.7 Å². The second-order valence-electron chi connectivity index (χ2n) is 9.11. The first kappa shape index (κ1) is 24.1. The molecule has 1 fully saturated rings. The quantitative estimate of drug-likeness (QED) is 0.457. The zero-order valence-corrected chi connectivity index (χ0v) is 20.1. The van der Waals surface area contributed by atoms with Crippen molar-refractivity contribution in [3.05, 3.63) is 102 Å². The van der Waals surface area contributed by atoms with Gasteiger partial charge in [-0.25, -0.2) is 0 Å². The molecule has 5 nitrogen and oxygen atoms in total. The number of piperazine rings is 1. The number of rotatable bonds is 10. The van der Waals surface area contributed by atoms with Crippen molar-refractivity contribution >= 4 is 5.91 Å². The molecular formula is C29H36N4O. The van der Waals surface area contributed by atoms with Crippen molar-refractivity contribution in [3.63, 3.8) is 0 Å². The summed E-state index contributed by atoms with van der Waals surface area (Å²) in [6.45, 7) is 8.05. The van der Waals surface area contributed by atoms with E-state index < -0.39 is 0 Å². The molecule has 34 heavy (non-hydrogen) atoms. The summed E-state index contributed by atoms with van der Waals surface area (Å²) in [5.74, 6) is -0.0848. The molecule has 1 unspecified atom stereocenters. The fraction of sp³-hybridized carbons (Fsp3) is 0.379. The van der Waals surface area contributed by atoms with Crippen LogP contribution in [0.25, 0.3) is 0 Å². The fourth-order valence-electron chi connectivity index (χ4n) is 4.74. The maximum absolute atomic E-state index is 12.4. The maximum Gasteiger partial charge on any atom is 0.227 e. The van der Waals surface area contributed by atoms with Gasteiger partial charge in [0.1, 0.15) is 0 Å². The molecule has 178 valence electrons. The number of carbonyl (C=O) groups excluding carboxylic acids is 1. The molecule has 1 saturated heterocycles. The second-order valence-corrected chi connectivity index (χ2v) is 9.11. The van der Waals surface area contributed by atoms with Crippen LogP contribution in [-0.4, -0.2) is 60.0 Å². The van der Waals surface area contributed by atoms with Gasteiger partial charge in [0.15, 0.2) is 0 Å². The van der Waals surface area contributed by atoms with Gasteiger partial charge in [0.05, 0.1) is 12.0 Å². The van der Waals surface area contributed by atoms with Crippen LogP contribution in [0.4, 0.5) is 0 Å². The van der Waals surface area contributed by atoms with Crippen LogP contribution in [0.1, 0.15) is 48.4 Å². The van der Waals surface area contributed by atoms with Crippen molar-refractivity contribution in [3.8, 4) is 0 Å². The Morgan fingerprint density at radius 1 is 0.853 bits per heavy atom. The van der Waals surface area contributed by atoms with Gasteiger partial charge in [-0.15, -0.1) is 0 Å². The van der Waals surface area contributed by atoms with Crippen molar-refractivity contribution < 1.29 is 4.79 Å². The molecule has 0 radical (unpaired) electrons. The SMILES string of the molecule is CC(C(=O)NCCCCN1CCN(C(c2ccccc2)c2ccccc2)CC1)c1cccnc1. The van der Waals surface area contributed by atoms with E-state index in [1.165, 1.54) is 11.1 Å². The molecule has 3 aromatic rings. The van der Waals surface area contributed by atoms with Crippen molar-refractivity contribution in [2.75, 3.05) is 39.3 Å². The second kappa shape index (κ2) is 12.4. The van der Waals surface area contributed by atoms with Crippen LogP contribution in [0.15, 0.2) is 85.2 Å². The zero-order valence-electron chi connectivity index (χ0n) is 20.1. The first-order chi connectivity index (χ1) is 16.7. The molecule has 4 rings (SSSR count). The van der Waals surface area contributed by atoms with Crippen LogP contribution >= 0.6 is 0 Å². The summed E-state index contributed by atoms with van der Waals surface area (Å²) in [5.41, 5.74) is 3.68. The topological polar surface area (TPSA) is 48.5 Å². The first-order valence-electron chi connectivity index (χ1n) is 12.5. The highest BCUT2D eigenvalue weighted by atomic mass is 16.1. The van der Waals surface area contributed by atoms with E-state index in [2.05, 4.69) is 80.8 Å². The lowest BCUT2D eigenvalue weighted by Gasteiger charge is -2.39. The summed E-state index contributed by atoms with van der Waals surface area (Å²) < 4.78 is 0. The molecule has 1 aliphatic heterocycles. The molecule has 1 aromatic heterocycles. The van der Waals surface area contributed by atoms with Gasteiger partial charge in [0.25, 0.3) is 0 Å². The molecule has 5 heteroatoms. The van der Waals surface area contributed by atoms with Crippen LogP contribution in [0.3, 0.4) is 0 Å². The Bertz CT molecular complexity index is 949. The summed E-state index contributed by atoms with van der Waals surface area (Å²) in [7, 11) is 0. The molecule has 0 bridgehead atoms. The number of amides is 1. The number of unbranched alkanes of at least 4 members (excludes halogenated alkanes) is 1. The highest BCUT2D eigenvalue weighted by Crippen LogP contribution is 2.29. The Labute approximate surface area is 203 Å². The van der Waals surface area contributed by atoms with Gasteiger partial charge in [-0.05, 0) is 49.1 Å². The van der Waals surface area contributed by atoms with E-state index in [1.54, 1.807) is 12.4 Å². The third-order valence-corrected chi connectivity index (χ3v) is 6.78. The average molecular weight is 457 g/mol. The summed E-state index contributed by atoms with van der Waals surface area (Å²) >= 11 is 0. The van der Waals surface area contributed by atoms with Gasteiger partial charge >= 0.3 is 0 Å². The highest BCUT2D eigenvalue weighted by Gasteiger charge is 2.26. The van der Waals surface area contributed by atoms with Crippen molar-refractivity contribution in [2.24, 2.45) is 0 Å². The molecule has 1 N–H and O–H groups in total. The largest absolute Gasteiger partial charge is 0.356 e. The number of nitrogens with one attached hydrogen (secondary N) is 1. The van der Waals surface area contributed by atoms with E-state index in [9.17, 15) is 4.79 Å². The Balaban J connectivity index is 1.20. The maximum atomic E-state index is 12.4. The average Bonchev–Trinajstić information content (AvgIpc) is 2.91. The molecule has 2 heterocycles. The molecule has 1 aliphatic rings. The fourth-order valence-corrected chi connectivity index (χ4v) is 4.74. The number of aromatic nitrogens is 1. The van der Waals surface area contributed by atoms with Crippen molar-refractivity contribution in [1.29, 1.82) is 0 Å². The Kier molecular flexibility index (Phi) is 8.83. The minimum absolute atomic E-state index is 0.0782. The number of hydrogen-bond donors (Lipinski definition) is 1. The summed E-state index contributed by atoms with van der Waals surface area (Å²) in [6.07, 6.45) is 5.60. The monoisotopic (exact) mass is 456 g/mol. The molecule has 0 saturated carbocycles. The van der Waals surface area contributed by atoms with E-state index in [-0.39, 0.29) is 11.8 Å². The molecule has 1 amide bonds. The van der Waals surface area contributed by atoms with E-state index in [1.807, 2.05) is 19.1 Å². The summed E-state index contributed by atoms with van der Waals surface area (Å²) in [6, 6.07) is 25.8. The summed E-state index contributed by atoms with van der Waals surface area (Å²) in [5, 5.41) is 3.08. The van der Waals surface area contributed by atoms with Crippen LogP contribution in [0.2, 0.25) is 0 Å². The van der Waals surface area contributed by atoms with E-state index in [4.69, 9.17) is 0 Å². The lowest BCUT2D eigenvalue weighted by Crippen LogP contribution is -2.48. The van der Waals surface area contributed by atoms with Gasteiger partial charge < -0.3 is 10.2 Å². The zero-order chi connectivity index (χ0) is 23.6. The van der Waals surface area contributed by atoms with Crippen LogP contribution < -0.4 is 5.32 Å². The third-order valence-electron chi connectivity index (χ3n) is 6.78. The molecule has 1 atom stereocenters. The van der Waals surface area contributed by atoms with Crippen LogP contribution in [0.5, 0.6) is 0 Å². The Hall–Kier alpha value is -3.02. The predicted octanol–water partition coefficient (Wildman–Crippen LogP) is 4.49. The highest BCUT2D eigenvalue weighted by molar-refractivity contribution is 5.83.